The maximum atomic E-state index is 3.68. The Morgan fingerprint density at radius 3 is 2.55 bits per heavy atom. The summed E-state index contributed by atoms with van der Waals surface area (Å²) in [4.78, 5) is 0. The van der Waals surface area contributed by atoms with Crippen LogP contribution >= 0.6 is 15.9 Å². The largest absolute Gasteiger partial charge is 0.313 e. The molecule has 0 amide bonds. The molecule has 1 saturated carbocycles. The van der Waals surface area contributed by atoms with Gasteiger partial charge in [-0.2, -0.15) is 0 Å². The maximum absolute atomic E-state index is 3.68. The standard InChI is InChI=1S/C18H20BrN/c19-17-8-4-5-14(12-17)11-16(13-20-18-9-10-18)15-6-2-1-3-7-15/h1-8,12,16,18,20H,9-11,13H2. The van der Waals surface area contributed by atoms with E-state index >= 15 is 0 Å². The molecule has 20 heavy (non-hydrogen) atoms. The maximum Gasteiger partial charge on any atom is 0.0177 e. The molecule has 0 radical (unpaired) electrons. The van der Waals surface area contributed by atoms with Crippen molar-refractivity contribution >= 4 is 15.9 Å². The summed E-state index contributed by atoms with van der Waals surface area (Å²) in [6, 6.07) is 20.3. The van der Waals surface area contributed by atoms with Crippen LogP contribution < -0.4 is 5.32 Å². The normalized spacial score (nSPS) is 16.1. The summed E-state index contributed by atoms with van der Waals surface area (Å²) >= 11 is 3.56. The second-order valence-electron chi connectivity index (χ2n) is 5.62. The number of nitrogens with one attached hydrogen (secondary N) is 1. The van der Waals surface area contributed by atoms with E-state index in [9.17, 15) is 0 Å². The van der Waals surface area contributed by atoms with Crippen LogP contribution in [0.25, 0.3) is 0 Å². The van der Waals surface area contributed by atoms with Crippen LogP contribution in [-0.4, -0.2) is 12.6 Å². The minimum Gasteiger partial charge on any atom is -0.313 e. The number of hydrogen-bond acceptors (Lipinski definition) is 1. The van der Waals surface area contributed by atoms with Crippen molar-refractivity contribution in [3.8, 4) is 0 Å². The van der Waals surface area contributed by atoms with Crippen molar-refractivity contribution in [2.75, 3.05) is 6.54 Å². The van der Waals surface area contributed by atoms with Gasteiger partial charge in [0.2, 0.25) is 0 Å². The molecule has 1 aliphatic carbocycles. The van der Waals surface area contributed by atoms with Crippen molar-refractivity contribution in [3.63, 3.8) is 0 Å². The highest BCUT2D eigenvalue weighted by molar-refractivity contribution is 9.10. The van der Waals surface area contributed by atoms with Crippen molar-refractivity contribution < 1.29 is 0 Å². The van der Waals surface area contributed by atoms with E-state index in [0.29, 0.717) is 5.92 Å². The second kappa shape index (κ2) is 6.55. The monoisotopic (exact) mass is 329 g/mol. The lowest BCUT2D eigenvalue weighted by molar-refractivity contribution is 0.577. The van der Waals surface area contributed by atoms with Crippen molar-refractivity contribution in [1.82, 2.24) is 5.32 Å². The van der Waals surface area contributed by atoms with Crippen molar-refractivity contribution in [3.05, 3.63) is 70.2 Å². The molecule has 1 fully saturated rings. The van der Waals surface area contributed by atoms with E-state index in [1.807, 2.05) is 0 Å². The van der Waals surface area contributed by atoms with Gasteiger partial charge in [0, 0.05) is 23.0 Å². The van der Waals surface area contributed by atoms with Crippen molar-refractivity contribution in [1.29, 1.82) is 0 Å². The molecule has 1 aliphatic rings. The predicted octanol–water partition coefficient (Wildman–Crippen LogP) is 4.53. The highest BCUT2D eigenvalue weighted by atomic mass is 79.9. The Morgan fingerprint density at radius 2 is 1.85 bits per heavy atom. The van der Waals surface area contributed by atoms with Gasteiger partial charge >= 0.3 is 0 Å². The first-order valence-electron chi connectivity index (χ1n) is 7.34. The summed E-state index contributed by atoms with van der Waals surface area (Å²) in [6.45, 7) is 1.07. The highest BCUT2D eigenvalue weighted by Gasteiger charge is 2.22. The van der Waals surface area contributed by atoms with Crippen molar-refractivity contribution in [2.45, 2.75) is 31.2 Å². The minimum absolute atomic E-state index is 0.547. The summed E-state index contributed by atoms with van der Waals surface area (Å²) < 4.78 is 1.16. The number of benzene rings is 2. The summed E-state index contributed by atoms with van der Waals surface area (Å²) in [5, 5.41) is 3.68. The van der Waals surface area contributed by atoms with Crippen molar-refractivity contribution in [2.24, 2.45) is 0 Å². The molecular weight excluding hydrogens is 310 g/mol. The third-order valence-electron chi connectivity index (χ3n) is 3.87. The van der Waals surface area contributed by atoms with Gasteiger partial charge in [-0.05, 0) is 42.5 Å². The van der Waals surface area contributed by atoms with Crippen LogP contribution in [0.1, 0.15) is 29.9 Å². The van der Waals surface area contributed by atoms with E-state index < -0.39 is 0 Å². The fourth-order valence-corrected chi connectivity index (χ4v) is 3.02. The average molecular weight is 330 g/mol. The Bertz CT molecular complexity index is 548. The molecule has 2 heteroatoms. The molecular formula is C18H20BrN. The van der Waals surface area contributed by atoms with Crippen LogP contribution in [0, 0.1) is 0 Å². The lowest BCUT2D eigenvalue weighted by Gasteiger charge is -2.18. The summed E-state index contributed by atoms with van der Waals surface area (Å²) in [5.41, 5.74) is 2.83. The third kappa shape index (κ3) is 3.94. The zero-order valence-electron chi connectivity index (χ0n) is 11.6. The minimum atomic E-state index is 0.547. The average Bonchev–Trinajstić information content (AvgIpc) is 3.29. The van der Waals surface area contributed by atoms with Crippen LogP contribution in [0.4, 0.5) is 0 Å². The Morgan fingerprint density at radius 1 is 1.05 bits per heavy atom. The second-order valence-corrected chi connectivity index (χ2v) is 6.54. The first-order valence-corrected chi connectivity index (χ1v) is 8.13. The van der Waals surface area contributed by atoms with Crippen LogP contribution in [0.15, 0.2) is 59.1 Å². The molecule has 2 aromatic carbocycles. The van der Waals surface area contributed by atoms with E-state index in [-0.39, 0.29) is 0 Å². The molecule has 3 rings (SSSR count). The van der Waals surface area contributed by atoms with Crippen LogP contribution in [0.2, 0.25) is 0 Å². The molecule has 0 aliphatic heterocycles. The Hall–Kier alpha value is -1.12. The van der Waals surface area contributed by atoms with E-state index in [2.05, 4.69) is 75.8 Å². The van der Waals surface area contributed by atoms with Crippen LogP contribution in [-0.2, 0) is 6.42 Å². The molecule has 1 unspecified atom stereocenters. The van der Waals surface area contributed by atoms with Gasteiger partial charge in [0.15, 0.2) is 0 Å². The fraction of sp³-hybridized carbons (Fsp3) is 0.333. The molecule has 1 nitrogen and oxygen atoms in total. The molecule has 0 heterocycles. The lowest BCUT2D eigenvalue weighted by Crippen LogP contribution is -2.24. The van der Waals surface area contributed by atoms with E-state index in [1.54, 1.807) is 0 Å². The molecule has 0 saturated heterocycles. The van der Waals surface area contributed by atoms with Crippen LogP contribution in [0.5, 0.6) is 0 Å². The third-order valence-corrected chi connectivity index (χ3v) is 4.37. The van der Waals surface area contributed by atoms with E-state index in [0.717, 1.165) is 23.5 Å². The number of rotatable bonds is 6. The highest BCUT2D eigenvalue weighted by Crippen LogP contribution is 2.25. The van der Waals surface area contributed by atoms with E-state index in [1.165, 1.54) is 24.0 Å². The predicted molar refractivity (Wildman–Crippen MR) is 88.1 cm³/mol. The Labute approximate surface area is 129 Å². The first kappa shape index (κ1) is 13.8. The summed E-state index contributed by atoms with van der Waals surface area (Å²) in [7, 11) is 0. The summed E-state index contributed by atoms with van der Waals surface area (Å²) in [5.74, 6) is 0.547. The molecule has 104 valence electrons. The number of halogens is 1. The molecule has 1 N–H and O–H groups in total. The van der Waals surface area contributed by atoms with Gasteiger partial charge in [-0.3, -0.25) is 0 Å². The Kier molecular flexibility index (Phi) is 4.54. The SMILES string of the molecule is Brc1cccc(CC(CNC2CC2)c2ccccc2)c1. The molecule has 0 spiro atoms. The lowest BCUT2D eigenvalue weighted by atomic mass is 9.92. The fourth-order valence-electron chi connectivity index (χ4n) is 2.58. The van der Waals surface area contributed by atoms with E-state index in [4.69, 9.17) is 0 Å². The van der Waals surface area contributed by atoms with Gasteiger partial charge in [0.1, 0.15) is 0 Å². The van der Waals surface area contributed by atoms with Gasteiger partial charge < -0.3 is 5.32 Å². The topological polar surface area (TPSA) is 12.0 Å². The zero-order chi connectivity index (χ0) is 13.8. The zero-order valence-corrected chi connectivity index (χ0v) is 13.1. The first-order chi connectivity index (χ1) is 9.81. The quantitative estimate of drug-likeness (QED) is 0.821. The molecule has 0 aromatic heterocycles. The molecule has 2 aromatic rings. The van der Waals surface area contributed by atoms with Gasteiger partial charge in [0.05, 0.1) is 0 Å². The molecule has 0 bridgehead atoms. The Balaban J connectivity index is 1.73. The smallest absolute Gasteiger partial charge is 0.0177 e. The van der Waals surface area contributed by atoms with Gasteiger partial charge in [-0.15, -0.1) is 0 Å². The van der Waals surface area contributed by atoms with Gasteiger partial charge in [0.25, 0.3) is 0 Å². The summed E-state index contributed by atoms with van der Waals surface area (Å²) in [6.07, 6.45) is 3.78. The van der Waals surface area contributed by atoms with Crippen LogP contribution in [0.3, 0.4) is 0 Å². The molecule has 1 atom stereocenters. The number of hydrogen-bond donors (Lipinski definition) is 1. The van der Waals surface area contributed by atoms with Gasteiger partial charge in [-0.1, -0.05) is 58.4 Å². The van der Waals surface area contributed by atoms with Gasteiger partial charge in [-0.25, -0.2) is 0 Å².